The molecule has 1 aliphatic rings. The first-order valence-electron chi connectivity index (χ1n) is 14.5. The van der Waals surface area contributed by atoms with Crippen LogP contribution in [0, 0.1) is 5.92 Å². The summed E-state index contributed by atoms with van der Waals surface area (Å²) in [6, 6.07) is 3.34. The van der Waals surface area contributed by atoms with Crippen LogP contribution < -0.4 is 15.2 Å². The predicted octanol–water partition coefficient (Wildman–Crippen LogP) is 5.63. The first-order chi connectivity index (χ1) is 19.4. The minimum Gasteiger partial charge on any atom is -0.459 e. The first-order valence-corrected chi connectivity index (χ1v) is 14.5. The number of rotatable bonds is 13. The summed E-state index contributed by atoms with van der Waals surface area (Å²) in [6.45, 7) is 10.4. The largest absolute Gasteiger partial charge is 0.514 e. The Morgan fingerprint density at radius 1 is 0.780 bits per heavy atom. The van der Waals surface area contributed by atoms with Crippen LogP contribution in [0.25, 0.3) is 0 Å². The zero-order chi connectivity index (χ0) is 30.5. The maximum atomic E-state index is 12.7. The lowest BCUT2D eigenvalue weighted by Crippen LogP contribution is -2.40. The number of carbonyl (C=O) groups excluding carboxylic acids is 4. The average molecular weight is 580 g/mol. The minimum atomic E-state index is -1.07. The number of ether oxygens (including phenoxy) is 6. The molecule has 2 N–H and O–H groups in total. The maximum Gasteiger partial charge on any atom is 0.514 e. The standard InChI is InChI=1S/C30H45NO10/c1-7-18(3)36-29(34)40-25-15-14-22(17-26(25)41-30(35)37-19(4)8-2)16-24(31)28(33)39-21(6)20(5)38-27(32)23-12-10-9-11-13-23/h14-15,17-21,23-24H,7-13,16,31H2,1-6H3/t18?,19?,20-,21-,24-/m0/s1. The molecule has 11 heteroatoms. The summed E-state index contributed by atoms with van der Waals surface area (Å²) in [4.78, 5) is 49.7. The fourth-order valence-corrected chi connectivity index (χ4v) is 3.98. The summed E-state index contributed by atoms with van der Waals surface area (Å²) < 4.78 is 31.9. The van der Waals surface area contributed by atoms with E-state index in [9.17, 15) is 19.2 Å². The summed E-state index contributed by atoms with van der Waals surface area (Å²) in [5.74, 6) is -1.23. The van der Waals surface area contributed by atoms with Crippen molar-refractivity contribution >= 4 is 24.2 Å². The van der Waals surface area contributed by atoms with Crippen molar-refractivity contribution in [2.45, 2.75) is 123 Å². The van der Waals surface area contributed by atoms with Gasteiger partial charge in [0, 0.05) is 0 Å². The Morgan fingerprint density at radius 3 is 1.88 bits per heavy atom. The van der Waals surface area contributed by atoms with E-state index in [4.69, 9.17) is 34.2 Å². The molecule has 2 rings (SSSR count). The number of hydrogen-bond donors (Lipinski definition) is 1. The van der Waals surface area contributed by atoms with Crippen LogP contribution >= 0.6 is 0 Å². The fourth-order valence-electron chi connectivity index (χ4n) is 3.98. The van der Waals surface area contributed by atoms with E-state index in [1.807, 2.05) is 13.8 Å². The summed E-state index contributed by atoms with van der Waals surface area (Å²) in [6.07, 6.45) is 1.92. The average Bonchev–Trinajstić information content (AvgIpc) is 2.94. The topological polar surface area (TPSA) is 150 Å². The summed E-state index contributed by atoms with van der Waals surface area (Å²) in [5.41, 5.74) is 6.63. The summed E-state index contributed by atoms with van der Waals surface area (Å²) >= 11 is 0. The van der Waals surface area contributed by atoms with E-state index in [1.54, 1.807) is 33.8 Å². The Balaban J connectivity index is 2.05. The summed E-state index contributed by atoms with van der Waals surface area (Å²) in [5, 5.41) is 0. The van der Waals surface area contributed by atoms with Gasteiger partial charge in [0.05, 0.1) is 5.92 Å². The highest BCUT2D eigenvalue weighted by molar-refractivity contribution is 5.76. The Kier molecular flexibility index (Phi) is 13.9. The van der Waals surface area contributed by atoms with Crippen LogP contribution in [0.1, 0.15) is 92.1 Å². The first kappa shape index (κ1) is 33.9. The molecule has 0 heterocycles. The van der Waals surface area contributed by atoms with Gasteiger partial charge in [-0.3, -0.25) is 9.59 Å². The van der Waals surface area contributed by atoms with Crippen molar-refractivity contribution in [2.75, 3.05) is 0 Å². The van der Waals surface area contributed by atoms with E-state index in [0.717, 1.165) is 32.1 Å². The van der Waals surface area contributed by atoms with Crippen molar-refractivity contribution in [3.8, 4) is 11.5 Å². The van der Waals surface area contributed by atoms with Gasteiger partial charge in [-0.05, 0) is 77.5 Å². The second kappa shape index (κ2) is 16.8. The van der Waals surface area contributed by atoms with E-state index < -0.39 is 36.5 Å². The van der Waals surface area contributed by atoms with Crippen LogP contribution in [0.5, 0.6) is 11.5 Å². The van der Waals surface area contributed by atoms with Gasteiger partial charge in [0.15, 0.2) is 11.5 Å². The van der Waals surface area contributed by atoms with Gasteiger partial charge in [0.25, 0.3) is 0 Å². The van der Waals surface area contributed by atoms with Crippen LogP contribution in [0.3, 0.4) is 0 Å². The molecule has 0 amide bonds. The second-order valence-electron chi connectivity index (χ2n) is 10.6. The molecule has 1 fully saturated rings. The van der Waals surface area contributed by atoms with Crippen LogP contribution in [-0.2, 0) is 35.0 Å². The Labute approximate surface area is 242 Å². The number of esters is 2. The fraction of sp³-hybridized carbons (Fsp3) is 0.667. The molecule has 0 radical (unpaired) electrons. The van der Waals surface area contributed by atoms with Crippen molar-refractivity contribution in [2.24, 2.45) is 11.7 Å². The van der Waals surface area contributed by atoms with Crippen LogP contribution in [0.15, 0.2) is 18.2 Å². The number of nitrogens with two attached hydrogens (primary N) is 1. The molecule has 41 heavy (non-hydrogen) atoms. The molecule has 0 aliphatic heterocycles. The SMILES string of the molecule is CCC(C)OC(=O)Oc1ccc(C[C@H](N)C(=O)O[C@@H](C)[C@H](C)OC(=O)C2CCCCC2)cc1OC(=O)OC(C)CC. The van der Waals surface area contributed by atoms with Crippen molar-refractivity contribution in [1.29, 1.82) is 0 Å². The number of benzene rings is 1. The highest BCUT2D eigenvalue weighted by Gasteiger charge is 2.28. The molecule has 2 unspecified atom stereocenters. The molecular formula is C30H45NO10. The lowest BCUT2D eigenvalue weighted by molar-refractivity contribution is -0.169. The maximum absolute atomic E-state index is 12.7. The minimum absolute atomic E-state index is 0.0240. The van der Waals surface area contributed by atoms with E-state index in [2.05, 4.69) is 0 Å². The molecule has 0 aromatic heterocycles. The van der Waals surface area contributed by atoms with Gasteiger partial charge in [0.2, 0.25) is 0 Å². The smallest absolute Gasteiger partial charge is 0.459 e. The van der Waals surface area contributed by atoms with E-state index >= 15 is 0 Å². The molecule has 11 nitrogen and oxygen atoms in total. The van der Waals surface area contributed by atoms with E-state index in [1.165, 1.54) is 12.1 Å². The molecule has 1 aromatic rings. The third kappa shape index (κ3) is 11.6. The monoisotopic (exact) mass is 579 g/mol. The molecule has 5 atom stereocenters. The van der Waals surface area contributed by atoms with Crippen LogP contribution in [-0.4, -0.2) is 54.7 Å². The Bertz CT molecular complexity index is 1020. The van der Waals surface area contributed by atoms with Crippen LogP contribution in [0.2, 0.25) is 0 Å². The Morgan fingerprint density at radius 2 is 1.32 bits per heavy atom. The molecule has 0 bridgehead atoms. The van der Waals surface area contributed by atoms with Gasteiger partial charge in [-0.25, -0.2) is 9.59 Å². The lowest BCUT2D eigenvalue weighted by atomic mass is 9.89. The van der Waals surface area contributed by atoms with Gasteiger partial charge in [0.1, 0.15) is 30.5 Å². The van der Waals surface area contributed by atoms with Crippen molar-refractivity contribution in [3.63, 3.8) is 0 Å². The second-order valence-corrected chi connectivity index (χ2v) is 10.6. The van der Waals surface area contributed by atoms with Gasteiger partial charge >= 0.3 is 24.2 Å². The highest BCUT2D eigenvalue weighted by Crippen LogP contribution is 2.30. The molecule has 0 saturated heterocycles. The van der Waals surface area contributed by atoms with Crippen LogP contribution in [0.4, 0.5) is 9.59 Å². The third-order valence-electron chi connectivity index (χ3n) is 7.10. The lowest BCUT2D eigenvalue weighted by Gasteiger charge is -2.26. The number of carbonyl (C=O) groups is 4. The number of hydrogen-bond acceptors (Lipinski definition) is 11. The zero-order valence-corrected chi connectivity index (χ0v) is 25.0. The van der Waals surface area contributed by atoms with Crippen molar-refractivity contribution < 1.29 is 47.6 Å². The van der Waals surface area contributed by atoms with Gasteiger partial charge in [-0.1, -0.05) is 39.2 Å². The third-order valence-corrected chi connectivity index (χ3v) is 7.10. The van der Waals surface area contributed by atoms with E-state index in [0.29, 0.717) is 18.4 Å². The molecule has 1 aromatic carbocycles. The Hall–Kier alpha value is -3.34. The molecule has 1 saturated carbocycles. The molecule has 1 aliphatic carbocycles. The molecular weight excluding hydrogens is 534 g/mol. The van der Waals surface area contributed by atoms with E-state index in [-0.39, 0.29) is 42.0 Å². The van der Waals surface area contributed by atoms with Gasteiger partial charge in [-0.2, -0.15) is 0 Å². The molecule has 230 valence electrons. The predicted molar refractivity (Wildman–Crippen MR) is 150 cm³/mol. The molecule has 0 spiro atoms. The van der Waals surface area contributed by atoms with Gasteiger partial charge in [-0.15, -0.1) is 0 Å². The van der Waals surface area contributed by atoms with Crippen molar-refractivity contribution in [3.05, 3.63) is 23.8 Å². The highest BCUT2D eigenvalue weighted by atomic mass is 16.7. The quantitative estimate of drug-likeness (QED) is 0.176. The van der Waals surface area contributed by atoms with Gasteiger partial charge < -0.3 is 34.2 Å². The summed E-state index contributed by atoms with van der Waals surface area (Å²) in [7, 11) is 0. The van der Waals surface area contributed by atoms with Crippen molar-refractivity contribution in [1.82, 2.24) is 0 Å². The normalized spacial score (nSPS) is 17.2. The zero-order valence-electron chi connectivity index (χ0n) is 25.0.